The average Bonchev–Trinajstić information content (AvgIpc) is 2.71. The zero-order valence-electron chi connectivity index (χ0n) is 17.9. The maximum atomic E-state index is 13.8. The van der Waals surface area contributed by atoms with E-state index in [9.17, 15) is 9.50 Å². The van der Waals surface area contributed by atoms with Crippen LogP contribution in [0.3, 0.4) is 0 Å². The van der Waals surface area contributed by atoms with E-state index in [0.717, 1.165) is 37.1 Å². The van der Waals surface area contributed by atoms with Gasteiger partial charge in [0, 0.05) is 19.6 Å². The summed E-state index contributed by atoms with van der Waals surface area (Å²) in [5.41, 5.74) is 2.08. The van der Waals surface area contributed by atoms with E-state index in [1.54, 1.807) is 26.0 Å². The summed E-state index contributed by atoms with van der Waals surface area (Å²) in [4.78, 5) is 0. The van der Waals surface area contributed by atoms with Crippen LogP contribution in [0.15, 0.2) is 48.5 Å². The van der Waals surface area contributed by atoms with E-state index < -0.39 is 11.6 Å². The second-order valence-electron chi connectivity index (χ2n) is 8.22. The smallest absolute Gasteiger partial charge is 0.160 e. The Labute approximate surface area is 178 Å². The maximum absolute atomic E-state index is 13.8. The minimum atomic E-state index is -1.23. The van der Waals surface area contributed by atoms with Crippen molar-refractivity contribution in [3.05, 3.63) is 71.0 Å². The van der Waals surface area contributed by atoms with Gasteiger partial charge in [0.25, 0.3) is 0 Å². The third kappa shape index (κ3) is 5.44. The molecule has 0 bridgehead atoms. The topological polar surface area (TPSA) is 59.7 Å². The largest absolute Gasteiger partial charge is 0.366 e. The van der Waals surface area contributed by atoms with Crippen LogP contribution in [0.2, 0.25) is 0 Å². The molecule has 1 fully saturated rings. The fraction of sp³-hybridized carbons (Fsp3) is 0.458. The molecule has 6 heteroatoms. The zero-order chi connectivity index (χ0) is 21.7. The Kier molecular flexibility index (Phi) is 7.22. The van der Waals surface area contributed by atoms with Crippen LogP contribution >= 0.6 is 0 Å². The molecule has 2 atom stereocenters. The number of rotatable bonds is 7. The van der Waals surface area contributed by atoms with Crippen molar-refractivity contribution in [2.45, 2.75) is 58.1 Å². The van der Waals surface area contributed by atoms with Crippen LogP contribution in [0.4, 0.5) is 4.39 Å². The number of aliphatic hydroxyl groups is 1. The molecular formula is C24H30FN3O2. The third-order valence-corrected chi connectivity index (χ3v) is 5.26. The summed E-state index contributed by atoms with van der Waals surface area (Å²) in [6.07, 6.45) is 1.52. The first-order chi connectivity index (χ1) is 14.3. The molecule has 2 unspecified atom stereocenters. The number of halogens is 1. The molecule has 5 nitrogen and oxygen atoms in total. The number of ether oxygens (including phenoxy) is 1. The van der Waals surface area contributed by atoms with Crippen LogP contribution in [-0.2, 0) is 11.3 Å². The molecule has 1 saturated heterocycles. The highest BCUT2D eigenvalue weighted by atomic mass is 19.1. The van der Waals surface area contributed by atoms with E-state index in [2.05, 4.69) is 29.1 Å². The van der Waals surface area contributed by atoms with Gasteiger partial charge in [-0.15, -0.1) is 0 Å². The summed E-state index contributed by atoms with van der Waals surface area (Å²) in [7, 11) is 0. The first-order valence-electron chi connectivity index (χ1n) is 10.5. The predicted molar refractivity (Wildman–Crippen MR) is 113 cm³/mol. The van der Waals surface area contributed by atoms with Gasteiger partial charge in [0.1, 0.15) is 11.9 Å². The summed E-state index contributed by atoms with van der Waals surface area (Å²) >= 11 is 0. The SMILES string of the molecule is CCCN1C(c2ccccc2)C(OC(C)(C)O)CCN1Cc1ccc(F)c(C#N)c1. The van der Waals surface area contributed by atoms with E-state index in [4.69, 9.17) is 10.00 Å². The first kappa shape index (κ1) is 22.4. The van der Waals surface area contributed by atoms with Gasteiger partial charge in [-0.1, -0.05) is 43.3 Å². The summed E-state index contributed by atoms with van der Waals surface area (Å²) in [5, 5.41) is 24.0. The predicted octanol–water partition coefficient (Wildman–Crippen LogP) is 4.38. The molecule has 160 valence electrons. The molecule has 0 saturated carbocycles. The summed E-state index contributed by atoms with van der Waals surface area (Å²) < 4.78 is 19.8. The molecular weight excluding hydrogens is 381 g/mol. The molecule has 1 heterocycles. The molecule has 0 radical (unpaired) electrons. The number of hydrogen-bond donors (Lipinski definition) is 1. The van der Waals surface area contributed by atoms with Gasteiger partial charge in [0.05, 0.1) is 17.7 Å². The van der Waals surface area contributed by atoms with E-state index in [-0.39, 0.29) is 17.7 Å². The summed E-state index contributed by atoms with van der Waals surface area (Å²) in [5.74, 6) is -1.72. The number of nitriles is 1. The highest BCUT2D eigenvalue weighted by Gasteiger charge is 2.39. The second kappa shape index (κ2) is 9.67. The number of benzene rings is 2. The Morgan fingerprint density at radius 1 is 1.23 bits per heavy atom. The lowest BCUT2D eigenvalue weighted by molar-refractivity contribution is -0.252. The van der Waals surface area contributed by atoms with E-state index in [1.165, 1.54) is 6.07 Å². The van der Waals surface area contributed by atoms with Crippen LogP contribution in [0.5, 0.6) is 0 Å². The van der Waals surface area contributed by atoms with Crippen LogP contribution in [0.25, 0.3) is 0 Å². The Balaban J connectivity index is 1.93. The quantitative estimate of drug-likeness (QED) is 0.685. The maximum Gasteiger partial charge on any atom is 0.160 e. The average molecular weight is 412 g/mol. The minimum Gasteiger partial charge on any atom is -0.366 e. The summed E-state index contributed by atoms with van der Waals surface area (Å²) in [6.45, 7) is 7.59. The number of hydrogen-bond acceptors (Lipinski definition) is 5. The highest BCUT2D eigenvalue weighted by molar-refractivity contribution is 5.34. The van der Waals surface area contributed by atoms with Crippen molar-refractivity contribution in [1.29, 1.82) is 5.26 Å². The van der Waals surface area contributed by atoms with Crippen molar-refractivity contribution in [2.24, 2.45) is 0 Å². The molecule has 0 aromatic heterocycles. The summed E-state index contributed by atoms with van der Waals surface area (Å²) in [6, 6.07) is 16.8. The van der Waals surface area contributed by atoms with E-state index >= 15 is 0 Å². The Hall–Kier alpha value is -2.30. The first-order valence-corrected chi connectivity index (χ1v) is 10.5. The number of hydrazine groups is 1. The molecule has 0 spiro atoms. The Bertz CT molecular complexity index is 876. The molecule has 2 aromatic carbocycles. The van der Waals surface area contributed by atoms with Crippen molar-refractivity contribution < 1.29 is 14.2 Å². The normalized spacial score (nSPS) is 20.8. The Morgan fingerprint density at radius 3 is 2.60 bits per heavy atom. The van der Waals surface area contributed by atoms with Crippen LogP contribution < -0.4 is 0 Å². The van der Waals surface area contributed by atoms with Gasteiger partial charge < -0.3 is 9.84 Å². The molecule has 1 N–H and O–H groups in total. The van der Waals surface area contributed by atoms with Gasteiger partial charge in [-0.05, 0) is 49.9 Å². The fourth-order valence-corrected chi connectivity index (χ4v) is 4.11. The van der Waals surface area contributed by atoms with Gasteiger partial charge in [-0.2, -0.15) is 5.26 Å². The van der Waals surface area contributed by atoms with Crippen molar-refractivity contribution in [2.75, 3.05) is 13.1 Å². The van der Waals surface area contributed by atoms with Crippen molar-refractivity contribution >= 4 is 0 Å². The van der Waals surface area contributed by atoms with Gasteiger partial charge >= 0.3 is 0 Å². The molecule has 3 rings (SSSR count). The Morgan fingerprint density at radius 2 is 1.97 bits per heavy atom. The molecule has 30 heavy (non-hydrogen) atoms. The highest BCUT2D eigenvalue weighted by Crippen LogP contribution is 2.36. The van der Waals surface area contributed by atoms with Crippen LogP contribution in [0, 0.1) is 17.1 Å². The van der Waals surface area contributed by atoms with Crippen LogP contribution in [-0.4, -0.2) is 40.1 Å². The standard InChI is InChI=1S/C24H30FN3O2/c1-4-13-28-23(19-8-6-5-7-9-19)22(30-24(2,3)29)12-14-27(28)17-18-10-11-21(25)20(15-18)16-26/h5-11,15,22-23,29H,4,12-14,17H2,1-3H3. The molecule has 1 aliphatic rings. The van der Waals surface area contributed by atoms with Crippen LogP contribution in [0.1, 0.15) is 56.3 Å². The van der Waals surface area contributed by atoms with Gasteiger partial charge in [0.2, 0.25) is 0 Å². The molecule has 0 amide bonds. The van der Waals surface area contributed by atoms with E-state index in [1.807, 2.05) is 24.3 Å². The van der Waals surface area contributed by atoms with Gasteiger partial charge in [0.15, 0.2) is 5.79 Å². The molecule has 1 aliphatic heterocycles. The van der Waals surface area contributed by atoms with Gasteiger partial charge in [-0.25, -0.2) is 14.4 Å². The molecule has 2 aromatic rings. The monoisotopic (exact) mass is 411 g/mol. The van der Waals surface area contributed by atoms with Crippen molar-refractivity contribution in [3.63, 3.8) is 0 Å². The third-order valence-electron chi connectivity index (χ3n) is 5.26. The fourth-order valence-electron chi connectivity index (χ4n) is 4.11. The zero-order valence-corrected chi connectivity index (χ0v) is 17.9. The van der Waals surface area contributed by atoms with Crippen molar-refractivity contribution in [1.82, 2.24) is 10.0 Å². The van der Waals surface area contributed by atoms with Crippen molar-refractivity contribution in [3.8, 4) is 6.07 Å². The lowest BCUT2D eigenvalue weighted by atomic mass is 9.95. The van der Waals surface area contributed by atoms with E-state index in [0.29, 0.717) is 6.54 Å². The number of nitrogens with zero attached hydrogens (tertiary/aromatic N) is 3. The lowest BCUT2D eigenvalue weighted by Gasteiger charge is -2.49. The molecule has 0 aliphatic carbocycles. The second-order valence-corrected chi connectivity index (χ2v) is 8.22. The minimum absolute atomic E-state index is 0.0535. The lowest BCUT2D eigenvalue weighted by Crippen LogP contribution is -2.55. The van der Waals surface area contributed by atoms with Gasteiger partial charge in [-0.3, -0.25) is 0 Å².